The van der Waals surface area contributed by atoms with Crippen LogP contribution in [0.15, 0.2) is 65.6 Å². The Morgan fingerprint density at radius 1 is 1.06 bits per heavy atom. The second kappa shape index (κ2) is 10.6. The van der Waals surface area contributed by atoms with Gasteiger partial charge in [-0.1, -0.05) is 55.6 Å². The predicted octanol–water partition coefficient (Wildman–Crippen LogP) is 5.71. The lowest BCUT2D eigenvalue weighted by molar-refractivity contribution is -0.117. The molecule has 4 aromatic rings. The lowest BCUT2D eigenvalue weighted by Gasteiger charge is -2.16. The van der Waals surface area contributed by atoms with Crippen molar-refractivity contribution >= 4 is 29.0 Å². The molecule has 36 heavy (non-hydrogen) atoms. The molecular weight excluding hydrogens is 476 g/mol. The van der Waals surface area contributed by atoms with Gasteiger partial charge in [0.05, 0.1) is 11.8 Å². The number of unbranched alkanes of at least 4 members (excludes halogenated alkanes) is 2. The minimum absolute atomic E-state index is 0.164. The zero-order valence-electron chi connectivity index (χ0n) is 20.3. The molecule has 2 aromatic heterocycles. The van der Waals surface area contributed by atoms with Gasteiger partial charge in [0.2, 0.25) is 17.6 Å². The second-order valence-corrected chi connectivity index (χ2v) is 9.53. The topological polar surface area (TPSA) is 68.8 Å². The normalized spacial score (nSPS) is 13.6. The number of aromatic nitrogens is 3. The molecule has 0 aliphatic carbocycles. The van der Waals surface area contributed by atoms with Crippen molar-refractivity contribution in [2.24, 2.45) is 0 Å². The molecule has 1 aliphatic heterocycles. The molecule has 0 spiro atoms. The van der Waals surface area contributed by atoms with Crippen molar-refractivity contribution in [1.29, 1.82) is 0 Å². The van der Waals surface area contributed by atoms with Gasteiger partial charge < -0.3 is 14.2 Å². The fourth-order valence-corrected chi connectivity index (χ4v) is 4.84. The highest BCUT2D eigenvalue weighted by Crippen LogP contribution is 2.28. The van der Waals surface area contributed by atoms with E-state index in [0.717, 1.165) is 61.3 Å². The largest absolute Gasteiger partial charge is 0.473 e. The number of imidazole rings is 1. The van der Waals surface area contributed by atoms with Gasteiger partial charge in [0.25, 0.3) is 5.56 Å². The second-order valence-electron chi connectivity index (χ2n) is 9.09. The van der Waals surface area contributed by atoms with Gasteiger partial charge in [-0.05, 0) is 48.2 Å². The highest BCUT2D eigenvalue weighted by molar-refractivity contribution is 6.30. The van der Waals surface area contributed by atoms with Crippen LogP contribution in [0, 0.1) is 0 Å². The highest BCUT2D eigenvalue weighted by atomic mass is 35.5. The Balaban J connectivity index is 1.49. The summed E-state index contributed by atoms with van der Waals surface area (Å²) in [5.41, 5.74) is 3.48. The summed E-state index contributed by atoms with van der Waals surface area (Å²) in [6.07, 6.45) is 6.47. The molecule has 8 heteroatoms. The molecular formula is C28H29ClN4O3. The van der Waals surface area contributed by atoms with Crippen LogP contribution in [0.25, 0.3) is 17.0 Å². The number of hydrogen-bond donors (Lipinski definition) is 0. The first kappa shape index (κ1) is 24.1. The first-order chi connectivity index (χ1) is 17.5. The van der Waals surface area contributed by atoms with Crippen LogP contribution in [0.2, 0.25) is 5.02 Å². The zero-order valence-corrected chi connectivity index (χ0v) is 21.1. The number of amides is 1. The van der Waals surface area contributed by atoms with Crippen molar-refractivity contribution < 1.29 is 9.53 Å². The molecule has 1 saturated heterocycles. The van der Waals surface area contributed by atoms with Crippen molar-refractivity contribution in [1.82, 2.24) is 14.0 Å². The highest BCUT2D eigenvalue weighted by Gasteiger charge is 2.22. The first-order valence-electron chi connectivity index (χ1n) is 12.4. The number of carbonyl (C=O) groups is 1. The molecule has 0 bridgehead atoms. The molecule has 186 valence electrons. The Hall–Kier alpha value is -3.58. The van der Waals surface area contributed by atoms with E-state index in [4.69, 9.17) is 21.3 Å². The van der Waals surface area contributed by atoms with Gasteiger partial charge in [-0.25, -0.2) is 0 Å². The third-order valence-electron chi connectivity index (χ3n) is 6.50. The minimum Gasteiger partial charge on any atom is -0.473 e. The van der Waals surface area contributed by atoms with Crippen molar-refractivity contribution in [3.8, 4) is 17.1 Å². The number of carbonyl (C=O) groups excluding carboxylic acids is 1. The molecule has 0 atom stereocenters. The van der Waals surface area contributed by atoms with E-state index in [1.54, 1.807) is 4.40 Å². The van der Waals surface area contributed by atoms with Crippen LogP contribution in [0.4, 0.5) is 5.69 Å². The van der Waals surface area contributed by atoms with Crippen molar-refractivity contribution in [3.63, 3.8) is 0 Å². The van der Waals surface area contributed by atoms with Crippen LogP contribution < -0.4 is 15.2 Å². The van der Waals surface area contributed by atoms with Crippen LogP contribution in [0.5, 0.6) is 5.88 Å². The molecule has 0 N–H and O–H groups in total. The van der Waals surface area contributed by atoms with Gasteiger partial charge in [-0.2, -0.15) is 4.98 Å². The lowest BCUT2D eigenvalue weighted by Crippen LogP contribution is -2.23. The van der Waals surface area contributed by atoms with Crippen LogP contribution in [0.3, 0.4) is 0 Å². The molecule has 2 aromatic carbocycles. The quantitative estimate of drug-likeness (QED) is 0.274. The van der Waals surface area contributed by atoms with Gasteiger partial charge in [0.15, 0.2) is 0 Å². The fourth-order valence-electron chi connectivity index (χ4n) is 4.63. The number of hydrogen-bond acceptors (Lipinski definition) is 4. The summed E-state index contributed by atoms with van der Waals surface area (Å²) in [4.78, 5) is 31.7. The smallest absolute Gasteiger partial charge is 0.262 e. The third-order valence-corrected chi connectivity index (χ3v) is 6.74. The molecule has 3 heterocycles. The van der Waals surface area contributed by atoms with E-state index in [2.05, 4.69) is 11.5 Å². The maximum absolute atomic E-state index is 13.0. The monoisotopic (exact) mass is 504 g/mol. The predicted molar refractivity (Wildman–Crippen MR) is 142 cm³/mol. The molecule has 1 fully saturated rings. The Kier molecular flexibility index (Phi) is 7.09. The molecule has 0 radical (unpaired) electrons. The van der Waals surface area contributed by atoms with Gasteiger partial charge in [-0.3, -0.25) is 14.0 Å². The van der Waals surface area contributed by atoms with Crippen molar-refractivity contribution in [2.45, 2.75) is 52.2 Å². The minimum atomic E-state index is -0.198. The standard InChI is InChI=1S/C28H29ClN4O3/c1-2-3-4-14-32-24(21-10-12-23(13-11-21)31-15-6-9-26(31)34)18-33-27(35)17-25(30-28(32)33)36-19-20-7-5-8-22(29)16-20/h5,7-8,10-13,16-18H,2-4,6,9,14-15,19H2,1H3. The maximum atomic E-state index is 13.0. The Labute approximate surface area is 214 Å². The van der Waals surface area contributed by atoms with E-state index >= 15 is 0 Å². The van der Waals surface area contributed by atoms with E-state index in [-0.39, 0.29) is 24.0 Å². The van der Waals surface area contributed by atoms with Crippen LogP contribution in [0.1, 0.15) is 44.6 Å². The summed E-state index contributed by atoms with van der Waals surface area (Å²) in [5, 5.41) is 0.633. The van der Waals surface area contributed by atoms with E-state index in [9.17, 15) is 9.59 Å². The number of nitrogens with zero attached hydrogens (tertiary/aromatic N) is 4. The number of rotatable bonds is 9. The Morgan fingerprint density at radius 2 is 1.89 bits per heavy atom. The van der Waals surface area contributed by atoms with Gasteiger partial charge >= 0.3 is 0 Å². The maximum Gasteiger partial charge on any atom is 0.262 e. The van der Waals surface area contributed by atoms with Crippen LogP contribution in [-0.2, 0) is 17.9 Å². The molecule has 1 amide bonds. The lowest BCUT2D eigenvalue weighted by atomic mass is 10.1. The molecule has 7 nitrogen and oxygen atoms in total. The average Bonchev–Trinajstić information content (AvgIpc) is 3.47. The number of anilines is 1. The number of aryl methyl sites for hydroxylation is 1. The van der Waals surface area contributed by atoms with Crippen molar-refractivity contribution in [2.75, 3.05) is 11.4 Å². The summed E-state index contributed by atoms with van der Waals surface area (Å²) in [6.45, 7) is 3.92. The van der Waals surface area contributed by atoms with Gasteiger partial charge in [0.1, 0.15) is 6.61 Å². The summed E-state index contributed by atoms with van der Waals surface area (Å²) in [5.74, 6) is 0.996. The summed E-state index contributed by atoms with van der Waals surface area (Å²) in [7, 11) is 0. The average molecular weight is 505 g/mol. The van der Waals surface area contributed by atoms with Crippen molar-refractivity contribution in [3.05, 3.63) is 81.7 Å². The number of halogens is 1. The van der Waals surface area contributed by atoms with Gasteiger partial charge in [0, 0.05) is 36.4 Å². The molecule has 0 unspecified atom stereocenters. The van der Waals surface area contributed by atoms with E-state index in [1.165, 1.54) is 6.07 Å². The molecule has 1 aliphatic rings. The van der Waals surface area contributed by atoms with E-state index in [1.807, 2.05) is 59.6 Å². The van der Waals surface area contributed by atoms with E-state index < -0.39 is 0 Å². The molecule has 5 rings (SSSR count). The van der Waals surface area contributed by atoms with E-state index in [0.29, 0.717) is 17.2 Å². The first-order valence-corrected chi connectivity index (χ1v) is 12.8. The third kappa shape index (κ3) is 5.02. The van der Waals surface area contributed by atoms with Gasteiger partial charge in [-0.15, -0.1) is 0 Å². The Bertz CT molecular complexity index is 1440. The number of ether oxygens (including phenoxy) is 1. The van der Waals surface area contributed by atoms with Crippen LogP contribution >= 0.6 is 11.6 Å². The van der Waals surface area contributed by atoms with Crippen LogP contribution in [-0.4, -0.2) is 26.4 Å². The summed E-state index contributed by atoms with van der Waals surface area (Å²) >= 11 is 6.08. The Morgan fingerprint density at radius 3 is 2.61 bits per heavy atom. The SMILES string of the molecule is CCCCCn1c(-c2ccc(N3CCCC3=O)cc2)cn2c(=O)cc(OCc3cccc(Cl)c3)nc12. The number of benzene rings is 2. The molecule has 0 saturated carbocycles. The summed E-state index contributed by atoms with van der Waals surface area (Å²) in [6, 6.07) is 16.8. The number of fused-ring (bicyclic) bond motifs is 1. The summed E-state index contributed by atoms with van der Waals surface area (Å²) < 4.78 is 9.54. The fraction of sp³-hybridized carbons (Fsp3) is 0.321. The zero-order chi connectivity index (χ0) is 25.1.